The van der Waals surface area contributed by atoms with Crippen LogP contribution < -0.4 is 14.2 Å². The number of nitrogens with zero attached hydrogens (tertiary/aromatic N) is 1. The Bertz CT molecular complexity index is 1860. The molecule has 1 atom stereocenters. The molecular formula is C41H44FNO7S. The van der Waals surface area contributed by atoms with E-state index in [1.807, 2.05) is 93.6 Å². The third-order valence-electron chi connectivity index (χ3n) is 8.14. The molecule has 1 aromatic heterocycles. The lowest BCUT2D eigenvalue weighted by Crippen LogP contribution is -2.29. The number of hydrogen-bond donors (Lipinski definition) is 0. The Morgan fingerprint density at radius 1 is 0.863 bits per heavy atom. The third-order valence-corrected chi connectivity index (χ3v) is 9.32. The lowest BCUT2D eigenvalue weighted by molar-refractivity contribution is -0.160. The Hall–Kier alpha value is -4.48. The van der Waals surface area contributed by atoms with Crippen LogP contribution in [0.4, 0.5) is 4.39 Å². The summed E-state index contributed by atoms with van der Waals surface area (Å²) in [5.74, 6) is 2.25. The summed E-state index contributed by atoms with van der Waals surface area (Å²) < 4.78 is 50.1. The maximum atomic E-state index is 13.8. The van der Waals surface area contributed by atoms with Crippen LogP contribution in [0.2, 0.25) is 0 Å². The normalized spacial score (nSPS) is 14.9. The summed E-state index contributed by atoms with van der Waals surface area (Å²) in [6.07, 6.45) is 1.07. The van der Waals surface area contributed by atoms with Crippen LogP contribution in [0.1, 0.15) is 32.8 Å². The van der Waals surface area contributed by atoms with Gasteiger partial charge in [0.25, 0.3) is 0 Å². The van der Waals surface area contributed by atoms with Crippen LogP contribution in [-0.2, 0) is 25.6 Å². The van der Waals surface area contributed by atoms with Crippen LogP contribution in [0.5, 0.6) is 23.0 Å². The van der Waals surface area contributed by atoms with Gasteiger partial charge in [-0.2, -0.15) is 0 Å². The molecular weight excluding hydrogens is 670 g/mol. The predicted octanol–water partition coefficient (Wildman–Crippen LogP) is 8.91. The zero-order valence-electron chi connectivity index (χ0n) is 29.3. The van der Waals surface area contributed by atoms with Gasteiger partial charge in [-0.3, -0.25) is 4.90 Å². The van der Waals surface area contributed by atoms with Crippen LogP contribution in [-0.4, -0.2) is 68.6 Å². The Balaban J connectivity index is 0.996. The quantitative estimate of drug-likeness (QED) is 0.0742. The van der Waals surface area contributed by atoms with Crippen molar-refractivity contribution in [2.75, 3.05) is 46.1 Å². The van der Waals surface area contributed by atoms with E-state index in [0.29, 0.717) is 37.9 Å². The molecule has 4 aromatic carbocycles. The fraction of sp³-hybridized carbons (Fsp3) is 0.341. The summed E-state index contributed by atoms with van der Waals surface area (Å²) >= 11 is 1.58. The molecule has 1 aliphatic heterocycles. The van der Waals surface area contributed by atoms with Gasteiger partial charge in [0.1, 0.15) is 48.5 Å². The number of carbonyl (C=O) groups is 1. The average Bonchev–Trinajstić information content (AvgIpc) is 3.72. The van der Waals surface area contributed by atoms with E-state index in [9.17, 15) is 9.18 Å². The highest BCUT2D eigenvalue weighted by molar-refractivity contribution is 7.22. The number of thiophene rings is 1. The summed E-state index contributed by atoms with van der Waals surface area (Å²) in [5, 5.41) is 0.952. The van der Waals surface area contributed by atoms with E-state index in [1.54, 1.807) is 23.5 Å². The van der Waals surface area contributed by atoms with E-state index in [2.05, 4.69) is 4.90 Å². The van der Waals surface area contributed by atoms with Crippen molar-refractivity contribution in [2.45, 2.75) is 45.5 Å². The standard InChI is InChI=1S/C41H44FNO7S/c1-41(2,3)50-38(44)28-45-23-24-47-35-19-20-43(26-35)21-22-46-32-13-15-33(16-14-32)49-39-36-18-17-34(48-27-29-7-5-4-6-8-29)25-37(36)51-40(39)30-9-11-31(42)12-10-30/h4-18,25,35H,19-24,26-28H2,1-3H3. The van der Waals surface area contributed by atoms with E-state index in [4.69, 9.17) is 28.4 Å². The first-order valence-corrected chi connectivity index (χ1v) is 18.0. The van der Waals surface area contributed by atoms with Crippen LogP contribution in [0.3, 0.4) is 0 Å². The van der Waals surface area contributed by atoms with Gasteiger partial charge >= 0.3 is 5.97 Å². The Kier molecular flexibility index (Phi) is 12.2. The van der Waals surface area contributed by atoms with Crippen molar-refractivity contribution in [3.05, 3.63) is 108 Å². The van der Waals surface area contributed by atoms with Gasteiger partial charge < -0.3 is 28.4 Å². The lowest BCUT2D eigenvalue weighted by Gasteiger charge is -2.19. The van der Waals surface area contributed by atoms with Gasteiger partial charge in [-0.1, -0.05) is 42.5 Å². The molecule has 1 saturated heterocycles. The van der Waals surface area contributed by atoms with Gasteiger partial charge in [-0.25, -0.2) is 9.18 Å². The minimum atomic E-state index is -0.519. The zero-order valence-corrected chi connectivity index (χ0v) is 30.1. The highest BCUT2D eigenvalue weighted by atomic mass is 32.1. The van der Waals surface area contributed by atoms with Crippen molar-refractivity contribution < 1.29 is 37.6 Å². The summed E-state index contributed by atoms with van der Waals surface area (Å²) in [5.41, 5.74) is 1.45. The molecule has 0 amide bonds. The number of carbonyl (C=O) groups excluding carboxylic acids is 1. The monoisotopic (exact) mass is 713 g/mol. The number of fused-ring (bicyclic) bond motifs is 1. The molecule has 10 heteroatoms. The minimum absolute atomic E-state index is 0.0731. The predicted molar refractivity (Wildman–Crippen MR) is 197 cm³/mol. The van der Waals surface area contributed by atoms with Gasteiger partial charge in [0.15, 0.2) is 5.75 Å². The number of esters is 1. The first kappa shape index (κ1) is 36.3. The summed E-state index contributed by atoms with van der Waals surface area (Å²) in [6, 6.07) is 30.1. The summed E-state index contributed by atoms with van der Waals surface area (Å²) in [7, 11) is 0. The Morgan fingerprint density at radius 2 is 1.61 bits per heavy atom. The summed E-state index contributed by atoms with van der Waals surface area (Å²) in [4.78, 5) is 15.0. The molecule has 0 spiro atoms. The van der Waals surface area contributed by atoms with E-state index < -0.39 is 5.60 Å². The van der Waals surface area contributed by atoms with Crippen molar-refractivity contribution >= 4 is 27.4 Å². The van der Waals surface area contributed by atoms with Gasteiger partial charge in [-0.15, -0.1) is 11.3 Å². The molecule has 6 rings (SSSR count). The van der Waals surface area contributed by atoms with Crippen LogP contribution in [0.25, 0.3) is 20.5 Å². The molecule has 2 heterocycles. The highest BCUT2D eigenvalue weighted by Crippen LogP contribution is 2.47. The smallest absolute Gasteiger partial charge is 0.332 e. The first-order chi connectivity index (χ1) is 24.7. The second kappa shape index (κ2) is 17.2. The minimum Gasteiger partial charge on any atom is -0.492 e. The second-order valence-corrected chi connectivity index (χ2v) is 14.4. The Labute approximate surface area is 302 Å². The van der Waals surface area contributed by atoms with Gasteiger partial charge in [0.2, 0.25) is 0 Å². The second-order valence-electron chi connectivity index (χ2n) is 13.3. The van der Waals surface area contributed by atoms with Crippen molar-refractivity contribution in [3.63, 3.8) is 0 Å². The Morgan fingerprint density at radius 3 is 2.37 bits per heavy atom. The van der Waals surface area contributed by atoms with E-state index in [1.165, 1.54) is 12.1 Å². The van der Waals surface area contributed by atoms with E-state index in [-0.39, 0.29) is 24.5 Å². The SMILES string of the molecule is CC(C)(C)OC(=O)COCCOC1CCN(CCOc2ccc(Oc3c(-c4ccc(F)cc4)sc4cc(OCc5ccccc5)ccc34)cc2)C1. The fourth-order valence-corrected chi connectivity index (χ4v) is 6.89. The van der Waals surface area contributed by atoms with Gasteiger partial charge in [0, 0.05) is 29.7 Å². The lowest BCUT2D eigenvalue weighted by atomic mass is 10.1. The average molecular weight is 714 g/mol. The maximum absolute atomic E-state index is 13.8. The van der Waals surface area contributed by atoms with E-state index >= 15 is 0 Å². The van der Waals surface area contributed by atoms with Gasteiger partial charge in [0.05, 0.1) is 24.2 Å². The molecule has 0 aliphatic carbocycles. The maximum Gasteiger partial charge on any atom is 0.332 e. The molecule has 0 saturated carbocycles. The number of halogens is 1. The van der Waals surface area contributed by atoms with Crippen LogP contribution in [0.15, 0.2) is 97.1 Å². The van der Waals surface area contributed by atoms with Crippen LogP contribution in [0, 0.1) is 5.82 Å². The number of benzene rings is 4. The number of likely N-dealkylation sites (tertiary alicyclic amines) is 1. The number of rotatable bonds is 16. The van der Waals surface area contributed by atoms with Gasteiger partial charge in [-0.05, 0) is 92.9 Å². The molecule has 8 nitrogen and oxygen atoms in total. The zero-order chi connectivity index (χ0) is 35.6. The molecule has 0 radical (unpaired) electrons. The van der Waals surface area contributed by atoms with Crippen molar-refractivity contribution in [1.82, 2.24) is 4.90 Å². The van der Waals surface area contributed by atoms with E-state index in [0.717, 1.165) is 63.6 Å². The highest BCUT2D eigenvalue weighted by Gasteiger charge is 2.23. The third kappa shape index (κ3) is 10.8. The molecule has 0 N–H and O–H groups in total. The molecule has 1 fully saturated rings. The first-order valence-electron chi connectivity index (χ1n) is 17.2. The molecule has 268 valence electrons. The molecule has 1 unspecified atom stereocenters. The summed E-state index contributed by atoms with van der Waals surface area (Å²) in [6.45, 7) is 9.77. The topological polar surface area (TPSA) is 75.7 Å². The molecule has 1 aliphatic rings. The number of hydrogen-bond acceptors (Lipinski definition) is 9. The number of ether oxygens (including phenoxy) is 6. The fourth-order valence-electron chi connectivity index (χ4n) is 5.73. The molecule has 0 bridgehead atoms. The van der Waals surface area contributed by atoms with Crippen molar-refractivity contribution in [3.8, 4) is 33.4 Å². The molecule has 51 heavy (non-hydrogen) atoms. The van der Waals surface area contributed by atoms with Crippen LogP contribution >= 0.6 is 11.3 Å². The largest absolute Gasteiger partial charge is 0.492 e. The van der Waals surface area contributed by atoms with Crippen molar-refractivity contribution in [2.24, 2.45) is 0 Å². The molecule has 5 aromatic rings. The van der Waals surface area contributed by atoms with Crippen molar-refractivity contribution in [1.29, 1.82) is 0 Å².